The summed E-state index contributed by atoms with van der Waals surface area (Å²) in [5, 5.41) is 0. The molecule has 22 heavy (non-hydrogen) atoms. The zero-order valence-electron chi connectivity index (χ0n) is 13.5. The van der Waals surface area contributed by atoms with Crippen molar-refractivity contribution in [3.63, 3.8) is 0 Å². The van der Waals surface area contributed by atoms with Crippen molar-refractivity contribution in [2.24, 2.45) is 5.41 Å². The van der Waals surface area contributed by atoms with Crippen molar-refractivity contribution in [3.05, 3.63) is 29.8 Å². The zero-order valence-corrected chi connectivity index (χ0v) is 16.4. The Labute approximate surface area is 147 Å². The zero-order chi connectivity index (χ0) is 16.5. The van der Waals surface area contributed by atoms with Crippen LogP contribution in [0.5, 0.6) is 0 Å². The van der Waals surface area contributed by atoms with Crippen molar-refractivity contribution in [2.75, 3.05) is 4.43 Å². The van der Waals surface area contributed by atoms with Crippen molar-refractivity contribution >= 4 is 32.6 Å². The van der Waals surface area contributed by atoms with E-state index in [1.54, 1.807) is 12.1 Å². The second-order valence-electron chi connectivity index (χ2n) is 6.96. The fraction of sp³-hybridized carbons (Fsp3) is 0.625. The molecule has 0 radical (unpaired) electrons. The van der Waals surface area contributed by atoms with E-state index in [1.165, 1.54) is 0 Å². The van der Waals surface area contributed by atoms with Crippen molar-refractivity contribution in [2.45, 2.75) is 57.3 Å². The number of rotatable bonds is 4. The molecule has 1 aliphatic rings. The Morgan fingerprint density at radius 2 is 1.86 bits per heavy atom. The average Bonchev–Trinajstić information content (AvgIpc) is 2.81. The van der Waals surface area contributed by atoms with Gasteiger partial charge in [-0.15, -0.1) is 0 Å². The minimum absolute atomic E-state index is 0.00805. The van der Waals surface area contributed by atoms with Gasteiger partial charge in [-0.25, -0.2) is 13.1 Å². The molecule has 1 N–H and O–H groups in total. The first-order chi connectivity index (χ1) is 10.1. The summed E-state index contributed by atoms with van der Waals surface area (Å²) in [5.74, 6) is 0. The SMILES string of the molecule is Cc1ccc(S(=O)(=O)N[C@H]2C[C@H](C(C)(C)C)O[C@@H]2CI)cc1. The number of sulfonamides is 1. The van der Waals surface area contributed by atoms with Crippen molar-refractivity contribution < 1.29 is 13.2 Å². The van der Waals surface area contributed by atoms with Gasteiger partial charge in [-0.1, -0.05) is 61.1 Å². The summed E-state index contributed by atoms with van der Waals surface area (Å²) in [6.07, 6.45) is 0.699. The van der Waals surface area contributed by atoms with Gasteiger partial charge in [0.15, 0.2) is 0 Å². The van der Waals surface area contributed by atoms with Crippen LogP contribution in [0.4, 0.5) is 0 Å². The van der Waals surface area contributed by atoms with Crippen LogP contribution in [0.3, 0.4) is 0 Å². The maximum Gasteiger partial charge on any atom is 0.240 e. The monoisotopic (exact) mass is 437 g/mol. The Kier molecular flexibility index (Phi) is 5.57. The van der Waals surface area contributed by atoms with Gasteiger partial charge in [0, 0.05) is 4.43 Å². The van der Waals surface area contributed by atoms with E-state index in [2.05, 4.69) is 48.1 Å². The molecule has 1 aliphatic heterocycles. The van der Waals surface area contributed by atoms with Gasteiger partial charge >= 0.3 is 0 Å². The lowest BCUT2D eigenvalue weighted by Gasteiger charge is -2.26. The highest BCUT2D eigenvalue weighted by Crippen LogP contribution is 2.34. The van der Waals surface area contributed by atoms with Crippen LogP contribution in [0.25, 0.3) is 0 Å². The van der Waals surface area contributed by atoms with Gasteiger partial charge in [-0.2, -0.15) is 0 Å². The number of nitrogens with one attached hydrogen (secondary N) is 1. The Bertz CT molecular complexity index is 607. The van der Waals surface area contributed by atoms with Gasteiger partial charge in [0.2, 0.25) is 10.0 Å². The van der Waals surface area contributed by atoms with Gasteiger partial charge in [0.05, 0.1) is 23.1 Å². The van der Waals surface area contributed by atoms with Crippen LogP contribution in [0.15, 0.2) is 29.2 Å². The van der Waals surface area contributed by atoms with Crippen LogP contribution in [0.2, 0.25) is 0 Å². The summed E-state index contributed by atoms with van der Waals surface area (Å²) >= 11 is 2.25. The summed E-state index contributed by atoms with van der Waals surface area (Å²) in [6.45, 7) is 8.31. The van der Waals surface area contributed by atoms with Crippen LogP contribution in [0, 0.1) is 12.3 Å². The Balaban J connectivity index is 2.16. The highest BCUT2D eigenvalue weighted by atomic mass is 127. The summed E-state index contributed by atoms with van der Waals surface area (Å²) in [4.78, 5) is 0.310. The molecule has 1 aromatic carbocycles. The maximum absolute atomic E-state index is 12.5. The lowest BCUT2D eigenvalue weighted by molar-refractivity contribution is -0.00700. The summed E-state index contributed by atoms with van der Waals surface area (Å²) in [7, 11) is -3.51. The van der Waals surface area contributed by atoms with Crippen LogP contribution in [0.1, 0.15) is 32.8 Å². The lowest BCUT2D eigenvalue weighted by atomic mass is 9.87. The normalized spacial score (nSPS) is 26.3. The maximum atomic E-state index is 12.5. The number of hydrogen-bond acceptors (Lipinski definition) is 3. The van der Waals surface area contributed by atoms with Crippen LogP contribution < -0.4 is 4.72 Å². The van der Waals surface area contributed by atoms with Crippen LogP contribution >= 0.6 is 22.6 Å². The molecule has 0 aliphatic carbocycles. The van der Waals surface area contributed by atoms with E-state index in [9.17, 15) is 8.42 Å². The predicted molar refractivity (Wildman–Crippen MR) is 96.9 cm³/mol. The molecule has 0 saturated carbocycles. The van der Waals surface area contributed by atoms with E-state index >= 15 is 0 Å². The first-order valence-corrected chi connectivity index (χ1v) is 10.4. The molecule has 0 aromatic heterocycles. The van der Waals surface area contributed by atoms with Gasteiger partial charge in [-0.3, -0.25) is 0 Å². The third-order valence-corrected chi connectivity index (χ3v) is 6.39. The van der Waals surface area contributed by atoms with Crippen molar-refractivity contribution in [1.29, 1.82) is 0 Å². The number of ether oxygens (including phenoxy) is 1. The van der Waals surface area contributed by atoms with Crippen molar-refractivity contribution in [3.8, 4) is 0 Å². The second-order valence-corrected chi connectivity index (χ2v) is 9.55. The molecule has 1 aromatic rings. The smallest absolute Gasteiger partial charge is 0.240 e. The first kappa shape index (κ1) is 18.2. The molecule has 4 nitrogen and oxygen atoms in total. The molecule has 3 atom stereocenters. The molecule has 0 amide bonds. The molecular weight excluding hydrogens is 413 g/mol. The molecule has 124 valence electrons. The Morgan fingerprint density at radius 1 is 1.27 bits per heavy atom. The standard InChI is InChI=1S/C16H24INO3S/c1-11-5-7-12(8-6-11)22(19,20)18-13-9-15(16(2,3)4)21-14(13)10-17/h5-8,13-15,18H,9-10H2,1-4H3/t13-,14+,15+/m0/s1. The Morgan fingerprint density at radius 3 is 2.36 bits per heavy atom. The van der Waals surface area contributed by atoms with Gasteiger partial charge < -0.3 is 4.74 Å². The number of alkyl halides is 1. The van der Waals surface area contributed by atoms with E-state index in [1.807, 2.05) is 19.1 Å². The van der Waals surface area contributed by atoms with Crippen LogP contribution in [-0.4, -0.2) is 31.1 Å². The number of benzene rings is 1. The Hall–Kier alpha value is -0.180. The third-order valence-electron chi connectivity index (χ3n) is 4.01. The topological polar surface area (TPSA) is 55.4 Å². The van der Waals surface area contributed by atoms with E-state index in [-0.39, 0.29) is 23.7 Å². The van der Waals surface area contributed by atoms with Gasteiger partial charge in [-0.05, 0) is 30.9 Å². The molecule has 0 spiro atoms. The van der Waals surface area contributed by atoms with E-state index in [4.69, 9.17) is 4.74 Å². The minimum atomic E-state index is -3.51. The third kappa shape index (κ3) is 4.21. The van der Waals surface area contributed by atoms with Gasteiger partial charge in [0.25, 0.3) is 0 Å². The number of aryl methyl sites for hydroxylation is 1. The molecule has 1 fully saturated rings. The molecule has 2 rings (SSSR count). The predicted octanol–water partition coefficient (Wildman–Crippen LogP) is 3.28. The molecule has 1 saturated heterocycles. The number of hydrogen-bond donors (Lipinski definition) is 1. The highest BCUT2D eigenvalue weighted by Gasteiger charge is 2.41. The summed E-state index contributed by atoms with van der Waals surface area (Å²) < 4.78 is 34.8. The first-order valence-electron chi connectivity index (χ1n) is 7.44. The number of halogens is 1. The lowest BCUT2D eigenvalue weighted by Crippen LogP contribution is -2.41. The molecule has 0 bridgehead atoms. The molecule has 1 heterocycles. The summed E-state index contributed by atoms with van der Waals surface area (Å²) in [5.41, 5.74) is 1.05. The van der Waals surface area contributed by atoms with E-state index < -0.39 is 10.0 Å². The average molecular weight is 437 g/mol. The largest absolute Gasteiger partial charge is 0.372 e. The van der Waals surface area contributed by atoms with E-state index in [0.717, 1.165) is 9.99 Å². The second kappa shape index (κ2) is 6.75. The summed E-state index contributed by atoms with van der Waals surface area (Å²) in [6, 6.07) is 6.75. The quantitative estimate of drug-likeness (QED) is 0.581. The van der Waals surface area contributed by atoms with E-state index in [0.29, 0.717) is 11.3 Å². The van der Waals surface area contributed by atoms with Gasteiger partial charge in [0.1, 0.15) is 0 Å². The fourth-order valence-electron chi connectivity index (χ4n) is 2.55. The molecule has 0 unspecified atom stereocenters. The fourth-order valence-corrected chi connectivity index (χ4v) is 4.65. The molecule has 6 heteroatoms. The van der Waals surface area contributed by atoms with Crippen LogP contribution in [-0.2, 0) is 14.8 Å². The van der Waals surface area contributed by atoms with Crippen molar-refractivity contribution in [1.82, 2.24) is 4.72 Å². The minimum Gasteiger partial charge on any atom is -0.372 e. The highest BCUT2D eigenvalue weighted by molar-refractivity contribution is 14.1. The molecular formula is C16H24INO3S.